The van der Waals surface area contributed by atoms with E-state index in [1.165, 1.54) is 6.07 Å². The van der Waals surface area contributed by atoms with Crippen LogP contribution in [0.4, 0.5) is 13.2 Å². The lowest BCUT2D eigenvalue weighted by molar-refractivity contribution is -0.275. The molecule has 1 atom stereocenters. The van der Waals surface area contributed by atoms with E-state index < -0.39 is 44.5 Å². The van der Waals surface area contributed by atoms with Crippen LogP contribution < -0.4 is 0 Å². The molecule has 0 saturated heterocycles. The molecule has 0 amide bonds. The fraction of sp³-hybridized carbons (Fsp3) is 0.316. The third-order valence-electron chi connectivity index (χ3n) is 5.18. The highest BCUT2D eigenvalue weighted by atomic mass is 35.5. The normalized spacial score (nSPS) is 22.9. The van der Waals surface area contributed by atoms with Crippen molar-refractivity contribution in [1.29, 1.82) is 0 Å². The molecule has 2 aromatic carbocycles. The summed E-state index contributed by atoms with van der Waals surface area (Å²) in [5.74, 6) is -0.689. The van der Waals surface area contributed by atoms with E-state index in [0.717, 1.165) is 12.1 Å². The van der Waals surface area contributed by atoms with Gasteiger partial charge in [-0.1, -0.05) is 53.5 Å². The second-order valence-corrected chi connectivity index (χ2v) is 9.86. The quantitative estimate of drug-likeness (QED) is 0.541. The third kappa shape index (κ3) is 3.42. The van der Waals surface area contributed by atoms with Crippen molar-refractivity contribution in [3.8, 4) is 0 Å². The van der Waals surface area contributed by atoms with Gasteiger partial charge in [0.25, 0.3) is 5.60 Å². The molecule has 11 heteroatoms. The molecule has 1 aliphatic heterocycles. The zero-order chi connectivity index (χ0) is 21.8. The number of rotatable bonds is 4. The molecule has 30 heavy (non-hydrogen) atoms. The number of nitrogens with zero attached hydrogens (tertiary/aromatic N) is 1. The van der Waals surface area contributed by atoms with Crippen LogP contribution in [-0.2, 0) is 29.5 Å². The Balaban J connectivity index is 1.64. The van der Waals surface area contributed by atoms with Crippen molar-refractivity contribution in [3.63, 3.8) is 0 Å². The topological polar surface area (TPSA) is 65.0 Å². The van der Waals surface area contributed by atoms with Gasteiger partial charge in [0.1, 0.15) is 4.75 Å². The zero-order valence-corrected chi connectivity index (χ0v) is 17.4. The van der Waals surface area contributed by atoms with Crippen LogP contribution in [0, 0.1) is 0 Å². The van der Waals surface area contributed by atoms with E-state index >= 15 is 0 Å². The lowest BCUT2D eigenvalue weighted by Gasteiger charge is -2.29. The molecule has 2 aliphatic rings. The van der Waals surface area contributed by atoms with Crippen LogP contribution in [0.3, 0.4) is 0 Å². The lowest BCUT2D eigenvalue weighted by Crippen LogP contribution is -2.43. The number of hydrogen-bond donors (Lipinski definition) is 0. The average Bonchev–Trinajstić information content (AvgIpc) is 3.37. The number of halogens is 5. The standard InChI is InChI=1S/C19H14Cl2F3NO4S/c20-14-8-13(9-15(21)10-14)18(19(22,23)24)11-16(25-29-18)28-30(26,27)17(6-7-17)12-4-2-1-3-5-12/h1-5,8-10H,6-7,11H2. The highest BCUT2D eigenvalue weighted by Crippen LogP contribution is 2.55. The summed E-state index contributed by atoms with van der Waals surface area (Å²) in [6.07, 6.45) is -5.34. The molecule has 160 valence electrons. The van der Waals surface area contributed by atoms with Gasteiger partial charge in [0, 0.05) is 15.6 Å². The molecule has 0 radical (unpaired) electrons. The van der Waals surface area contributed by atoms with Crippen LogP contribution in [0.2, 0.25) is 10.0 Å². The van der Waals surface area contributed by atoms with Gasteiger partial charge >= 0.3 is 16.3 Å². The van der Waals surface area contributed by atoms with Crippen molar-refractivity contribution in [2.24, 2.45) is 5.16 Å². The highest BCUT2D eigenvalue weighted by molar-refractivity contribution is 7.88. The molecular formula is C19H14Cl2F3NO4S. The number of alkyl halides is 3. The first-order valence-electron chi connectivity index (χ1n) is 8.77. The number of oxime groups is 1. The summed E-state index contributed by atoms with van der Waals surface area (Å²) in [6, 6.07) is 11.7. The van der Waals surface area contributed by atoms with Crippen LogP contribution >= 0.6 is 23.2 Å². The first-order chi connectivity index (χ1) is 14.0. The van der Waals surface area contributed by atoms with Crippen molar-refractivity contribution < 1.29 is 30.6 Å². The van der Waals surface area contributed by atoms with Crippen LogP contribution in [0.15, 0.2) is 53.7 Å². The highest BCUT2D eigenvalue weighted by Gasteiger charge is 2.64. The molecule has 4 rings (SSSR count). The lowest BCUT2D eigenvalue weighted by atomic mass is 9.90. The molecule has 1 unspecified atom stereocenters. The Bertz CT molecular complexity index is 1100. The second kappa shape index (κ2) is 7.03. The maximum Gasteiger partial charge on any atom is 0.435 e. The number of hydrogen-bond acceptors (Lipinski definition) is 5. The minimum absolute atomic E-state index is 0.0345. The van der Waals surface area contributed by atoms with E-state index in [-0.39, 0.29) is 10.0 Å². The molecule has 1 saturated carbocycles. The largest absolute Gasteiger partial charge is 0.435 e. The third-order valence-corrected chi connectivity index (χ3v) is 7.63. The fourth-order valence-corrected chi connectivity index (χ4v) is 5.51. The summed E-state index contributed by atoms with van der Waals surface area (Å²) < 4.78 is 71.5. The predicted octanol–water partition coefficient (Wildman–Crippen LogP) is 5.52. The van der Waals surface area contributed by atoms with Gasteiger partial charge in [-0.05, 0) is 41.8 Å². The SMILES string of the molecule is O=S(=O)(OC1=NOC(c2cc(Cl)cc(Cl)c2)(C(F)(F)F)C1)C1(c2ccccc2)CC1. The molecule has 1 fully saturated rings. The monoisotopic (exact) mass is 479 g/mol. The summed E-state index contributed by atoms with van der Waals surface area (Å²) >= 11 is 11.7. The molecule has 0 bridgehead atoms. The van der Waals surface area contributed by atoms with Gasteiger partial charge in [-0.15, -0.1) is 0 Å². The van der Waals surface area contributed by atoms with Gasteiger partial charge in [0.2, 0.25) is 5.90 Å². The van der Waals surface area contributed by atoms with Crippen LogP contribution in [0.1, 0.15) is 30.4 Å². The minimum atomic E-state index is -4.95. The van der Waals surface area contributed by atoms with Gasteiger partial charge < -0.3 is 9.02 Å². The van der Waals surface area contributed by atoms with Gasteiger partial charge in [0.05, 0.1) is 6.42 Å². The van der Waals surface area contributed by atoms with Crippen molar-refractivity contribution >= 4 is 39.2 Å². The van der Waals surface area contributed by atoms with Crippen LogP contribution in [-0.4, -0.2) is 20.5 Å². The van der Waals surface area contributed by atoms with E-state index in [1.807, 2.05) is 0 Å². The molecule has 5 nitrogen and oxygen atoms in total. The molecule has 2 aromatic rings. The summed E-state index contributed by atoms with van der Waals surface area (Å²) in [6.45, 7) is 0. The fourth-order valence-electron chi connectivity index (χ4n) is 3.45. The first-order valence-corrected chi connectivity index (χ1v) is 10.9. The minimum Gasteiger partial charge on any atom is -0.371 e. The molecular weight excluding hydrogens is 466 g/mol. The molecule has 0 spiro atoms. The number of benzene rings is 2. The summed E-state index contributed by atoms with van der Waals surface area (Å²) in [5, 5.41) is 3.25. The zero-order valence-electron chi connectivity index (χ0n) is 15.1. The Morgan fingerprint density at radius 1 is 1.00 bits per heavy atom. The Kier molecular flexibility index (Phi) is 4.99. The van der Waals surface area contributed by atoms with E-state index in [9.17, 15) is 21.6 Å². The Hall–Kier alpha value is -1.97. The molecule has 0 aromatic heterocycles. The van der Waals surface area contributed by atoms with Crippen molar-refractivity contribution in [2.45, 2.75) is 35.8 Å². The first kappa shape index (κ1) is 21.3. The predicted molar refractivity (Wildman–Crippen MR) is 105 cm³/mol. The summed E-state index contributed by atoms with van der Waals surface area (Å²) in [7, 11) is -4.31. The average molecular weight is 480 g/mol. The Morgan fingerprint density at radius 2 is 1.60 bits per heavy atom. The molecule has 1 heterocycles. The smallest absolute Gasteiger partial charge is 0.371 e. The van der Waals surface area contributed by atoms with Crippen molar-refractivity contribution in [2.75, 3.05) is 0 Å². The van der Waals surface area contributed by atoms with Gasteiger partial charge in [-0.25, -0.2) is 0 Å². The molecule has 0 N–H and O–H groups in total. The maximum absolute atomic E-state index is 14.0. The summed E-state index contributed by atoms with van der Waals surface area (Å²) in [4.78, 5) is 4.75. The van der Waals surface area contributed by atoms with Crippen molar-refractivity contribution in [3.05, 3.63) is 69.7 Å². The Morgan fingerprint density at radius 3 is 2.13 bits per heavy atom. The van der Waals surface area contributed by atoms with Gasteiger partial charge in [-0.3, -0.25) is 0 Å². The maximum atomic E-state index is 14.0. The van der Waals surface area contributed by atoms with Crippen LogP contribution in [0.5, 0.6) is 0 Å². The van der Waals surface area contributed by atoms with Crippen LogP contribution in [0.25, 0.3) is 0 Å². The van der Waals surface area contributed by atoms with E-state index in [1.54, 1.807) is 30.3 Å². The van der Waals surface area contributed by atoms with Gasteiger partial charge in [-0.2, -0.15) is 21.6 Å². The van der Waals surface area contributed by atoms with E-state index in [4.69, 9.17) is 32.2 Å². The molecule has 1 aliphatic carbocycles. The second-order valence-electron chi connectivity index (χ2n) is 7.13. The Labute approximate surface area is 180 Å². The van der Waals surface area contributed by atoms with Crippen molar-refractivity contribution in [1.82, 2.24) is 0 Å². The van der Waals surface area contributed by atoms with E-state index in [0.29, 0.717) is 18.4 Å². The van der Waals surface area contributed by atoms with E-state index in [2.05, 4.69) is 5.16 Å². The van der Waals surface area contributed by atoms with Gasteiger partial charge in [0.15, 0.2) is 0 Å². The summed E-state index contributed by atoms with van der Waals surface area (Å²) in [5.41, 5.74) is -2.86.